The number of amides is 1. The molecule has 106 valence electrons. The van der Waals surface area contributed by atoms with Gasteiger partial charge >= 0.3 is 5.97 Å². The van der Waals surface area contributed by atoms with Crippen molar-refractivity contribution in [3.05, 3.63) is 28.3 Å². The molecule has 1 amide bonds. The van der Waals surface area contributed by atoms with Gasteiger partial charge in [0.25, 0.3) is 5.91 Å². The third-order valence-electron chi connectivity index (χ3n) is 2.87. The first-order chi connectivity index (χ1) is 9.38. The van der Waals surface area contributed by atoms with E-state index in [0.29, 0.717) is 5.69 Å². The number of hydrogen-bond acceptors (Lipinski definition) is 4. The minimum atomic E-state index is -1.07. The first-order valence-electron chi connectivity index (χ1n) is 6.01. The Morgan fingerprint density at radius 2 is 2.20 bits per heavy atom. The van der Waals surface area contributed by atoms with Crippen LogP contribution in [-0.4, -0.2) is 32.6 Å². The van der Waals surface area contributed by atoms with Crippen LogP contribution in [0.4, 0.5) is 0 Å². The van der Waals surface area contributed by atoms with Crippen molar-refractivity contribution in [2.45, 2.75) is 19.9 Å². The molecule has 0 aliphatic carbocycles. The monoisotopic (exact) mass is 293 g/mol. The zero-order valence-electron chi connectivity index (χ0n) is 11.4. The zero-order chi connectivity index (χ0) is 14.9. The summed E-state index contributed by atoms with van der Waals surface area (Å²) < 4.78 is 1.66. The first kappa shape index (κ1) is 14.3. The highest BCUT2D eigenvalue weighted by Gasteiger charge is 2.18. The van der Waals surface area contributed by atoms with E-state index in [0.717, 1.165) is 16.3 Å². The summed E-state index contributed by atoms with van der Waals surface area (Å²) in [6.45, 7) is 3.34. The van der Waals surface area contributed by atoms with Crippen LogP contribution in [0.2, 0.25) is 0 Å². The molecular weight excluding hydrogens is 278 g/mol. The van der Waals surface area contributed by atoms with Gasteiger partial charge in [-0.2, -0.15) is 0 Å². The van der Waals surface area contributed by atoms with Gasteiger partial charge in [0.05, 0.1) is 10.7 Å². The van der Waals surface area contributed by atoms with E-state index < -0.39 is 17.9 Å². The molecule has 1 atom stereocenters. The number of carbonyl (C=O) groups excluding carboxylic acids is 1. The number of carbonyl (C=O) groups is 2. The van der Waals surface area contributed by atoms with Crippen molar-refractivity contribution in [3.63, 3.8) is 0 Å². The number of aliphatic carboxylic acids is 1. The van der Waals surface area contributed by atoms with Gasteiger partial charge in [0, 0.05) is 24.2 Å². The van der Waals surface area contributed by atoms with Gasteiger partial charge in [0.2, 0.25) is 0 Å². The van der Waals surface area contributed by atoms with Gasteiger partial charge in [0.15, 0.2) is 0 Å². The molecule has 2 rings (SSSR count). The number of carboxylic acids is 1. The molecule has 20 heavy (non-hydrogen) atoms. The van der Waals surface area contributed by atoms with Crippen molar-refractivity contribution in [2.24, 2.45) is 7.05 Å². The lowest BCUT2D eigenvalue weighted by atomic mass is 10.2. The second-order valence-corrected chi connectivity index (χ2v) is 5.57. The van der Waals surface area contributed by atoms with Gasteiger partial charge in [-0.1, -0.05) is 0 Å². The van der Waals surface area contributed by atoms with Crippen LogP contribution >= 0.6 is 11.3 Å². The molecule has 0 aliphatic rings. The molecule has 0 aromatic carbocycles. The normalized spacial score (nSPS) is 12.2. The summed E-state index contributed by atoms with van der Waals surface area (Å²) in [5, 5.41) is 14.1. The van der Waals surface area contributed by atoms with Crippen molar-refractivity contribution >= 4 is 23.2 Å². The molecule has 0 fully saturated rings. The van der Waals surface area contributed by atoms with Crippen LogP contribution in [0.1, 0.15) is 22.4 Å². The molecule has 0 spiro atoms. The molecule has 0 saturated carbocycles. The number of thiazole rings is 1. The highest BCUT2D eigenvalue weighted by Crippen LogP contribution is 2.23. The van der Waals surface area contributed by atoms with Gasteiger partial charge in [-0.15, -0.1) is 11.3 Å². The molecule has 0 bridgehead atoms. The van der Waals surface area contributed by atoms with Gasteiger partial charge in [-0.25, -0.2) is 4.98 Å². The smallest absolute Gasteiger partial charge is 0.325 e. The standard InChI is InChI=1S/C13H15N3O3S/c1-7(13(18)19)14-12(17)11-4-9(5-16(11)3)10-6-20-8(2)15-10/h4-7H,1-3H3,(H,14,17)(H,18,19)/t7-/m1/s1. The summed E-state index contributed by atoms with van der Waals surface area (Å²) in [7, 11) is 1.74. The minimum absolute atomic E-state index is 0.402. The Bertz CT molecular complexity index is 660. The maximum Gasteiger partial charge on any atom is 0.325 e. The van der Waals surface area contributed by atoms with Crippen LogP contribution < -0.4 is 5.32 Å². The highest BCUT2D eigenvalue weighted by molar-refractivity contribution is 7.09. The van der Waals surface area contributed by atoms with Crippen molar-refractivity contribution in [2.75, 3.05) is 0 Å². The lowest BCUT2D eigenvalue weighted by Gasteiger charge is -2.09. The maximum absolute atomic E-state index is 12.0. The molecule has 0 unspecified atom stereocenters. The summed E-state index contributed by atoms with van der Waals surface area (Å²) in [6, 6.07) is 0.778. The third kappa shape index (κ3) is 2.88. The lowest BCUT2D eigenvalue weighted by Crippen LogP contribution is -2.38. The van der Waals surface area contributed by atoms with E-state index in [1.807, 2.05) is 12.3 Å². The molecule has 2 aromatic rings. The predicted octanol–water partition coefficient (Wildman–Crippen LogP) is 1.66. The second-order valence-electron chi connectivity index (χ2n) is 4.51. The average Bonchev–Trinajstić information content (AvgIpc) is 2.95. The number of aromatic nitrogens is 2. The molecule has 7 heteroatoms. The topological polar surface area (TPSA) is 84.2 Å². The van der Waals surface area contributed by atoms with Crippen LogP contribution in [0.15, 0.2) is 17.6 Å². The highest BCUT2D eigenvalue weighted by atomic mass is 32.1. The minimum Gasteiger partial charge on any atom is -0.480 e. The van der Waals surface area contributed by atoms with E-state index >= 15 is 0 Å². The van der Waals surface area contributed by atoms with Crippen molar-refractivity contribution in [3.8, 4) is 11.3 Å². The Morgan fingerprint density at radius 3 is 2.75 bits per heavy atom. The molecule has 2 N–H and O–H groups in total. The SMILES string of the molecule is Cc1nc(-c2cc(C(=O)N[C@H](C)C(=O)O)n(C)c2)cs1. The molecule has 0 saturated heterocycles. The summed E-state index contributed by atoms with van der Waals surface area (Å²) >= 11 is 1.54. The summed E-state index contributed by atoms with van der Waals surface area (Å²) in [4.78, 5) is 27.1. The van der Waals surface area contributed by atoms with E-state index in [4.69, 9.17) is 5.11 Å². The number of aryl methyl sites for hydroxylation is 2. The van der Waals surface area contributed by atoms with Gasteiger partial charge < -0.3 is 15.0 Å². The summed E-state index contributed by atoms with van der Waals surface area (Å²) in [5.74, 6) is -1.48. The molecular formula is C13H15N3O3S. The fourth-order valence-corrected chi connectivity index (χ4v) is 2.38. The van der Waals surface area contributed by atoms with Crippen molar-refractivity contribution < 1.29 is 14.7 Å². The van der Waals surface area contributed by atoms with Crippen LogP contribution in [0, 0.1) is 6.92 Å². The van der Waals surface area contributed by atoms with Crippen LogP contribution in [0.3, 0.4) is 0 Å². The van der Waals surface area contributed by atoms with Crippen molar-refractivity contribution in [1.29, 1.82) is 0 Å². The Labute approximate surface area is 120 Å². The Kier molecular flexibility index (Phi) is 3.89. The number of carboxylic acid groups (broad SMARTS) is 1. The molecule has 2 heterocycles. The summed E-state index contributed by atoms with van der Waals surface area (Å²) in [5.41, 5.74) is 2.05. The quantitative estimate of drug-likeness (QED) is 0.898. The second kappa shape index (κ2) is 5.46. The van der Waals surface area contributed by atoms with Gasteiger partial charge in [0.1, 0.15) is 11.7 Å². The number of hydrogen-bond donors (Lipinski definition) is 2. The van der Waals surface area contributed by atoms with Gasteiger partial charge in [-0.3, -0.25) is 9.59 Å². The Morgan fingerprint density at radius 1 is 1.50 bits per heavy atom. The third-order valence-corrected chi connectivity index (χ3v) is 3.64. The van der Waals surface area contributed by atoms with E-state index in [1.54, 1.807) is 23.9 Å². The maximum atomic E-state index is 12.0. The predicted molar refractivity (Wildman–Crippen MR) is 75.8 cm³/mol. The molecule has 0 aliphatic heterocycles. The van der Waals surface area contributed by atoms with E-state index in [2.05, 4.69) is 10.3 Å². The van der Waals surface area contributed by atoms with Crippen LogP contribution in [0.5, 0.6) is 0 Å². The van der Waals surface area contributed by atoms with E-state index in [1.165, 1.54) is 18.3 Å². The fourth-order valence-electron chi connectivity index (χ4n) is 1.76. The lowest BCUT2D eigenvalue weighted by molar-refractivity contribution is -0.138. The fraction of sp³-hybridized carbons (Fsp3) is 0.308. The van der Waals surface area contributed by atoms with Gasteiger partial charge in [-0.05, 0) is 19.9 Å². The van der Waals surface area contributed by atoms with Crippen molar-refractivity contribution in [1.82, 2.24) is 14.9 Å². The molecule has 6 nitrogen and oxygen atoms in total. The number of rotatable bonds is 4. The van der Waals surface area contributed by atoms with E-state index in [9.17, 15) is 9.59 Å². The van der Waals surface area contributed by atoms with Crippen LogP contribution in [-0.2, 0) is 11.8 Å². The van der Waals surface area contributed by atoms with Crippen LogP contribution in [0.25, 0.3) is 11.3 Å². The first-order valence-corrected chi connectivity index (χ1v) is 6.89. The zero-order valence-corrected chi connectivity index (χ0v) is 12.2. The Hall–Kier alpha value is -2.15. The molecule has 0 radical (unpaired) electrons. The molecule has 2 aromatic heterocycles. The Balaban J connectivity index is 2.23. The number of nitrogens with one attached hydrogen (secondary N) is 1. The summed E-state index contributed by atoms with van der Waals surface area (Å²) in [6.07, 6.45) is 1.80. The van der Waals surface area contributed by atoms with E-state index in [-0.39, 0.29) is 0 Å². The largest absolute Gasteiger partial charge is 0.480 e. The average molecular weight is 293 g/mol. The number of nitrogens with zero attached hydrogens (tertiary/aromatic N) is 2.